The summed E-state index contributed by atoms with van der Waals surface area (Å²) >= 11 is 0. The molecular formula is C18H23FIN3O. The summed E-state index contributed by atoms with van der Waals surface area (Å²) in [5.74, 6) is 0.780. The van der Waals surface area contributed by atoms with Crippen molar-refractivity contribution in [3.63, 3.8) is 0 Å². The van der Waals surface area contributed by atoms with Crippen LogP contribution in [0.25, 0.3) is 0 Å². The smallest absolute Gasteiger partial charge is 0.191 e. The van der Waals surface area contributed by atoms with Gasteiger partial charge in [0.15, 0.2) is 5.96 Å². The van der Waals surface area contributed by atoms with Gasteiger partial charge in [0.25, 0.3) is 0 Å². The number of hydrogen-bond acceptors (Lipinski definition) is 2. The summed E-state index contributed by atoms with van der Waals surface area (Å²) in [7, 11) is 1.72. The van der Waals surface area contributed by atoms with Crippen LogP contribution in [0.1, 0.15) is 17.5 Å². The molecule has 0 saturated heterocycles. The summed E-state index contributed by atoms with van der Waals surface area (Å²) in [5.41, 5.74) is 2.19. The van der Waals surface area contributed by atoms with Crippen LogP contribution in [-0.4, -0.2) is 24.7 Å². The molecule has 2 aromatic carbocycles. The van der Waals surface area contributed by atoms with E-state index in [1.54, 1.807) is 31.3 Å². The summed E-state index contributed by atoms with van der Waals surface area (Å²) in [5, 5.41) is 15.7. The second-order valence-electron chi connectivity index (χ2n) is 5.25. The summed E-state index contributed by atoms with van der Waals surface area (Å²) in [4.78, 5) is 4.16. The minimum Gasteiger partial charge on any atom is -0.508 e. The van der Waals surface area contributed by atoms with Crippen molar-refractivity contribution in [3.05, 3.63) is 65.5 Å². The van der Waals surface area contributed by atoms with Crippen molar-refractivity contribution >= 4 is 29.9 Å². The normalized spacial score (nSPS) is 10.8. The summed E-state index contributed by atoms with van der Waals surface area (Å²) in [6.07, 6.45) is 1.89. The van der Waals surface area contributed by atoms with Crippen LogP contribution in [0, 0.1) is 5.82 Å². The first-order valence-electron chi connectivity index (χ1n) is 7.64. The van der Waals surface area contributed by atoms with Crippen LogP contribution in [0.3, 0.4) is 0 Å². The first-order valence-corrected chi connectivity index (χ1v) is 7.64. The Morgan fingerprint density at radius 3 is 2.25 bits per heavy atom. The van der Waals surface area contributed by atoms with Gasteiger partial charge in [0.2, 0.25) is 0 Å². The maximum atomic E-state index is 12.8. The first-order chi connectivity index (χ1) is 11.2. The van der Waals surface area contributed by atoms with Gasteiger partial charge in [0.05, 0.1) is 0 Å². The molecule has 0 amide bonds. The van der Waals surface area contributed by atoms with E-state index in [0.29, 0.717) is 6.54 Å². The SMILES string of the molecule is CN=C(NCCCc1ccc(O)cc1)NCc1ccc(F)cc1.I. The third kappa shape index (κ3) is 7.16. The number of aryl methyl sites for hydroxylation is 1. The van der Waals surface area contributed by atoms with E-state index in [9.17, 15) is 9.50 Å². The number of nitrogens with zero attached hydrogens (tertiary/aromatic N) is 1. The van der Waals surface area contributed by atoms with Gasteiger partial charge in [-0.05, 0) is 48.2 Å². The Kier molecular flexibility index (Phi) is 9.14. The molecule has 2 rings (SSSR count). The van der Waals surface area contributed by atoms with Crippen LogP contribution < -0.4 is 10.6 Å². The average molecular weight is 443 g/mol. The molecule has 0 aliphatic heterocycles. The van der Waals surface area contributed by atoms with Crippen molar-refractivity contribution in [1.29, 1.82) is 0 Å². The second kappa shape index (κ2) is 10.9. The summed E-state index contributed by atoms with van der Waals surface area (Å²) < 4.78 is 12.8. The highest BCUT2D eigenvalue weighted by molar-refractivity contribution is 14.0. The monoisotopic (exact) mass is 443 g/mol. The molecule has 0 heterocycles. The fraction of sp³-hybridized carbons (Fsp3) is 0.278. The predicted molar refractivity (Wildman–Crippen MR) is 106 cm³/mol. The molecule has 0 saturated carbocycles. The zero-order valence-corrected chi connectivity index (χ0v) is 16.0. The second-order valence-corrected chi connectivity index (χ2v) is 5.25. The molecule has 6 heteroatoms. The number of aliphatic imine (C=N–C) groups is 1. The van der Waals surface area contributed by atoms with Crippen LogP contribution in [0.5, 0.6) is 5.75 Å². The van der Waals surface area contributed by atoms with Crippen molar-refractivity contribution in [2.24, 2.45) is 4.99 Å². The summed E-state index contributed by atoms with van der Waals surface area (Å²) in [6, 6.07) is 13.7. The number of hydrogen-bond donors (Lipinski definition) is 3. The number of phenols is 1. The zero-order chi connectivity index (χ0) is 16.5. The van der Waals surface area contributed by atoms with Crippen molar-refractivity contribution < 1.29 is 9.50 Å². The summed E-state index contributed by atoms with van der Waals surface area (Å²) in [6.45, 7) is 1.39. The highest BCUT2D eigenvalue weighted by Crippen LogP contribution is 2.10. The molecule has 3 N–H and O–H groups in total. The van der Waals surface area contributed by atoms with Crippen molar-refractivity contribution in [1.82, 2.24) is 10.6 Å². The molecule has 0 spiro atoms. The topological polar surface area (TPSA) is 56.7 Å². The molecule has 24 heavy (non-hydrogen) atoms. The van der Waals surface area contributed by atoms with Gasteiger partial charge < -0.3 is 15.7 Å². The van der Waals surface area contributed by atoms with Crippen molar-refractivity contribution in [2.45, 2.75) is 19.4 Å². The lowest BCUT2D eigenvalue weighted by atomic mass is 10.1. The molecule has 0 fully saturated rings. The van der Waals surface area contributed by atoms with Crippen molar-refractivity contribution in [2.75, 3.05) is 13.6 Å². The minimum absolute atomic E-state index is 0. The third-order valence-electron chi connectivity index (χ3n) is 3.47. The van der Waals surface area contributed by atoms with Gasteiger partial charge in [0.1, 0.15) is 11.6 Å². The standard InChI is InChI=1S/C18H22FN3O.HI/c1-20-18(22-13-15-4-8-16(19)9-5-15)21-12-2-3-14-6-10-17(23)11-7-14;/h4-11,23H,2-3,12-13H2,1H3,(H2,20,21,22);1H. The number of guanidine groups is 1. The molecule has 0 aliphatic rings. The van der Waals surface area contributed by atoms with Gasteiger partial charge in [-0.2, -0.15) is 0 Å². The lowest BCUT2D eigenvalue weighted by Crippen LogP contribution is -2.37. The number of nitrogens with one attached hydrogen (secondary N) is 2. The van der Waals surface area contributed by atoms with Crippen LogP contribution in [0.4, 0.5) is 4.39 Å². The number of halogens is 2. The number of aromatic hydroxyl groups is 1. The van der Waals surface area contributed by atoms with Crippen molar-refractivity contribution in [3.8, 4) is 5.75 Å². The highest BCUT2D eigenvalue weighted by Gasteiger charge is 1.99. The molecule has 4 nitrogen and oxygen atoms in total. The molecule has 0 atom stereocenters. The van der Waals surface area contributed by atoms with E-state index >= 15 is 0 Å². The van der Waals surface area contributed by atoms with Gasteiger partial charge in [0, 0.05) is 20.1 Å². The lowest BCUT2D eigenvalue weighted by Gasteiger charge is -2.12. The largest absolute Gasteiger partial charge is 0.508 e. The Bertz CT molecular complexity index is 630. The number of phenolic OH excluding ortho intramolecular Hbond substituents is 1. The first kappa shape index (κ1) is 20.2. The molecule has 0 aliphatic carbocycles. The maximum absolute atomic E-state index is 12.8. The molecule has 0 aromatic heterocycles. The van der Waals surface area contributed by atoms with Gasteiger partial charge in [-0.3, -0.25) is 4.99 Å². The van der Waals surface area contributed by atoms with Crippen LogP contribution in [0.2, 0.25) is 0 Å². The van der Waals surface area contributed by atoms with E-state index < -0.39 is 0 Å². The van der Waals surface area contributed by atoms with Crippen LogP contribution >= 0.6 is 24.0 Å². The number of benzene rings is 2. The Morgan fingerprint density at radius 2 is 1.62 bits per heavy atom. The number of rotatable bonds is 6. The maximum Gasteiger partial charge on any atom is 0.191 e. The van der Waals surface area contributed by atoms with Crippen LogP contribution in [0.15, 0.2) is 53.5 Å². The lowest BCUT2D eigenvalue weighted by molar-refractivity contribution is 0.475. The van der Waals surface area contributed by atoms with E-state index in [1.807, 2.05) is 12.1 Å². The minimum atomic E-state index is -0.231. The third-order valence-corrected chi connectivity index (χ3v) is 3.47. The van der Waals surface area contributed by atoms with E-state index in [-0.39, 0.29) is 35.5 Å². The van der Waals surface area contributed by atoms with E-state index in [0.717, 1.165) is 30.9 Å². The average Bonchev–Trinajstić information content (AvgIpc) is 2.57. The van der Waals surface area contributed by atoms with E-state index in [4.69, 9.17) is 0 Å². The fourth-order valence-corrected chi connectivity index (χ4v) is 2.17. The van der Waals surface area contributed by atoms with E-state index in [2.05, 4.69) is 15.6 Å². The van der Waals surface area contributed by atoms with Gasteiger partial charge in [-0.1, -0.05) is 24.3 Å². The molecule has 0 bridgehead atoms. The molecule has 130 valence electrons. The highest BCUT2D eigenvalue weighted by atomic mass is 127. The Morgan fingerprint density at radius 1 is 1.00 bits per heavy atom. The Balaban J connectivity index is 0.00000288. The van der Waals surface area contributed by atoms with Gasteiger partial charge in [-0.25, -0.2) is 4.39 Å². The van der Waals surface area contributed by atoms with Gasteiger partial charge in [-0.15, -0.1) is 24.0 Å². The molecule has 0 unspecified atom stereocenters. The zero-order valence-electron chi connectivity index (χ0n) is 13.6. The van der Waals surface area contributed by atoms with Gasteiger partial charge >= 0.3 is 0 Å². The quantitative estimate of drug-likeness (QED) is 0.278. The predicted octanol–water partition coefficient (Wildman–Crippen LogP) is 3.45. The molecule has 0 radical (unpaired) electrons. The molecule has 2 aromatic rings. The van der Waals surface area contributed by atoms with E-state index in [1.165, 1.54) is 17.7 Å². The van der Waals surface area contributed by atoms with Crippen LogP contribution in [-0.2, 0) is 13.0 Å². The Hall–Kier alpha value is -1.83. The Labute approximate surface area is 159 Å². The molecular weight excluding hydrogens is 420 g/mol. The fourth-order valence-electron chi connectivity index (χ4n) is 2.17.